The first-order chi connectivity index (χ1) is 11.2. The van der Waals surface area contributed by atoms with E-state index in [1.165, 1.54) is 12.8 Å². The highest BCUT2D eigenvalue weighted by Gasteiger charge is 2.25. The summed E-state index contributed by atoms with van der Waals surface area (Å²) in [4.78, 5) is 14.2. The van der Waals surface area contributed by atoms with Crippen molar-refractivity contribution in [1.29, 1.82) is 0 Å². The van der Waals surface area contributed by atoms with Crippen molar-refractivity contribution in [3.63, 3.8) is 0 Å². The maximum atomic E-state index is 12.2. The van der Waals surface area contributed by atoms with Crippen LogP contribution in [0.15, 0.2) is 24.3 Å². The minimum absolute atomic E-state index is 0. The van der Waals surface area contributed by atoms with Crippen LogP contribution < -0.4 is 10.1 Å². The molecule has 6 heteroatoms. The van der Waals surface area contributed by atoms with Crippen molar-refractivity contribution in [2.24, 2.45) is 5.92 Å². The van der Waals surface area contributed by atoms with Crippen LogP contribution in [0.4, 0.5) is 0 Å². The number of carbonyl (C=O) groups excluding carboxylic acids is 1. The van der Waals surface area contributed by atoms with Crippen LogP contribution in [-0.2, 0) is 4.79 Å². The summed E-state index contributed by atoms with van der Waals surface area (Å²) in [5.41, 5.74) is 0. The van der Waals surface area contributed by atoms with Gasteiger partial charge in [-0.3, -0.25) is 4.79 Å². The molecule has 0 spiro atoms. The van der Waals surface area contributed by atoms with E-state index in [1.807, 2.05) is 23.1 Å². The molecule has 0 unspecified atom stereocenters. The third kappa shape index (κ3) is 5.83. The van der Waals surface area contributed by atoms with Gasteiger partial charge in [0.15, 0.2) is 0 Å². The number of nitrogens with one attached hydrogen (secondary N) is 1. The Hall–Kier alpha value is -0.970. The number of amides is 1. The first-order valence-electron chi connectivity index (χ1n) is 8.61. The molecule has 2 aliphatic rings. The lowest BCUT2D eigenvalue weighted by Crippen LogP contribution is -2.45. The molecular weight excluding hydrogens is 347 g/mol. The van der Waals surface area contributed by atoms with E-state index >= 15 is 0 Å². The van der Waals surface area contributed by atoms with E-state index in [1.54, 1.807) is 6.07 Å². The van der Waals surface area contributed by atoms with Crippen LogP contribution in [0, 0.1) is 5.92 Å². The zero-order valence-corrected chi connectivity index (χ0v) is 15.5. The molecule has 134 valence electrons. The number of piperidine rings is 1. The molecule has 1 amide bonds. The second kappa shape index (κ2) is 9.50. The van der Waals surface area contributed by atoms with Crippen LogP contribution in [-0.4, -0.2) is 43.1 Å². The number of carbonyl (C=O) groups is 1. The van der Waals surface area contributed by atoms with Gasteiger partial charge in [0.25, 0.3) is 0 Å². The lowest BCUT2D eigenvalue weighted by atomic mass is 10.0. The summed E-state index contributed by atoms with van der Waals surface area (Å²) < 4.78 is 5.60. The van der Waals surface area contributed by atoms with Crippen LogP contribution >= 0.6 is 24.0 Å². The number of benzene rings is 1. The van der Waals surface area contributed by atoms with Crippen molar-refractivity contribution in [2.45, 2.75) is 38.1 Å². The van der Waals surface area contributed by atoms with Gasteiger partial charge in [0, 0.05) is 19.1 Å². The highest BCUT2D eigenvalue weighted by atomic mass is 35.5. The van der Waals surface area contributed by atoms with Crippen molar-refractivity contribution in [3.05, 3.63) is 29.3 Å². The van der Waals surface area contributed by atoms with Gasteiger partial charge in [0.2, 0.25) is 5.91 Å². The Balaban J connectivity index is 0.00000208. The van der Waals surface area contributed by atoms with Gasteiger partial charge in [-0.1, -0.05) is 23.7 Å². The van der Waals surface area contributed by atoms with Gasteiger partial charge in [-0.25, -0.2) is 0 Å². The highest BCUT2D eigenvalue weighted by molar-refractivity contribution is 6.32. The molecule has 1 aromatic carbocycles. The highest BCUT2D eigenvalue weighted by Crippen LogP contribution is 2.28. The molecule has 1 aliphatic carbocycles. The number of ether oxygens (including phenoxy) is 1. The van der Waals surface area contributed by atoms with Crippen molar-refractivity contribution >= 4 is 29.9 Å². The first-order valence-corrected chi connectivity index (χ1v) is 8.98. The van der Waals surface area contributed by atoms with Crippen LogP contribution in [0.3, 0.4) is 0 Å². The molecule has 4 nitrogen and oxygen atoms in total. The number of hydrogen-bond donors (Lipinski definition) is 1. The Bertz CT molecular complexity index is 530. The maximum Gasteiger partial charge on any atom is 0.225 e. The van der Waals surface area contributed by atoms with Gasteiger partial charge in [0.05, 0.1) is 18.1 Å². The van der Waals surface area contributed by atoms with E-state index < -0.39 is 0 Å². The van der Waals surface area contributed by atoms with Crippen molar-refractivity contribution in [2.75, 3.05) is 26.2 Å². The number of nitrogens with zero attached hydrogens (tertiary/aromatic N) is 1. The average molecular weight is 373 g/mol. The molecule has 1 heterocycles. The van der Waals surface area contributed by atoms with E-state index in [9.17, 15) is 4.79 Å². The van der Waals surface area contributed by atoms with Crippen molar-refractivity contribution < 1.29 is 9.53 Å². The number of para-hydroxylation sites is 1. The van der Waals surface area contributed by atoms with Crippen LogP contribution in [0.1, 0.15) is 32.1 Å². The smallest absolute Gasteiger partial charge is 0.225 e. The predicted octanol–water partition coefficient (Wildman–Crippen LogP) is 3.52. The summed E-state index contributed by atoms with van der Waals surface area (Å²) in [7, 11) is 0. The van der Waals surface area contributed by atoms with Crippen LogP contribution in [0.5, 0.6) is 5.75 Å². The van der Waals surface area contributed by atoms with E-state index in [-0.39, 0.29) is 18.3 Å². The van der Waals surface area contributed by atoms with Crippen LogP contribution in [0.2, 0.25) is 5.02 Å². The molecular formula is C18H26Cl2N2O2. The minimum atomic E-state index is 0. The number of hydrogen-bond acceptors (Lipinski definition) is 3. The summed E-state index contributed by atoms with van der Waals surface area (Å²) in [5.74, 6) is 1.74. The van der Waals surface area contributed by atoms with Crippen molar-refractivity contribution in [3.8, 4) is 5.75 Å². The zero-order chi connectivity index (χ0) is 16.1. The SMILES string of the molecule is Cl.O=C(CCOc1ccccc1Cl)N1CCC(NCC2CC2)CC1. The molecule has 2 fully saturated rings. The third-order valence-electron chi connectivity index (χ3n) is 4.65. The first kappa shape index (κ1) is 19.4. The molecule has 0 bridgehead atoms. The number of rotatable bonds is 7. The molecule has 1 aliphatic heterocycles. The Kier molecular flexibility index (Phi) is 7.66. The second-order valence-electron chi connectivity index (χ2n) is 6.54. The summed E-state index contributed by atoms with van der Waals surface area (Å²) in [6.45, 7) is 3.24. The van der Waals surface area contributed by atoms with Gasteiger partial charge < -0.3 is 15.0 Å². The fourth-order valence-corrected chi connectivity index (χ4v) is 3.15. The van der Waals surface area contributed by atoms with E-state index in [0.29, 0.717) is 29.8 Å². The number of likely N-dealkylation sites (tertiary alicyclic amines) is 1. The summed E-state index contributed by atoms with van der Waals surface area (Å²) in [6.07, 6.45) is 5.30. The van der Waals surface area contributed by atoms with Crippen molar-refractivity contribution in [1.82, 2.24) is 10.2 Å². The summed E-state index contributed by atoms with van der Waals surface area (Å²) in [5, 5.41) is 4.22. The lowest BCUT2D eigenvalue weighted by molar-refractivity contribution is -0.132. The van der Waals surface area contributed by atoms with Crippen LogP contribution in [0.25, 0.3) is 0 Å². The lowest BCUT2D eigenvalue weighted by Gasteiger charge is -2.32. The van der Waals surface area contributed by atoms with Gasteiger partial charge in [-0.15, -0.1) is 12.4 Å². The Morgan fingerprint density at radius 1 is 1.21 bits per heavy atom. The summed E-state index contributed by atoms with van der Waals surface area (Å²) in [6, 6.07) is 7.94. The average Bonchev–Trinajstić information content (AvgIpc) is 3.39. The molecule has 24 heavy (non-hydrogen) atoms. The zero-order valence-electron chi connectivity index (χ0n) is 13.9. The van der Waals surface area contributed by atoms with Gasteiger partial charge in [-0.05, 0) is 50.3 Å². The van der Waals surface area contributed by atoms with E-state index in [4.69, 9.17) is 16.3 Å². The van der Waals surface area contributed by atoms with E-state index in [0.717, 1.165) is 38.4 Å². The molecule has 1 aromatic rings. The molecule has 0 radical (unpaired) electrons. The Morgan fingerprint density at radius 2 is 1.92 bits per heavy atom. The minimum Gasteiger partial charge on any atom is -0.491 e. The summed E-state index contributed by atoms with van der Waals surface area (Å²) >= 11 is 6.03. The monoisotopic (exact) mass is 372 g/mol. The molecule has 1 N–H and O–H groups in total. The van der Waals surface area contributed by atoms with Gasteiger partial charge in [0.1, 0.15) is 5.75 Å². The molecule has 1 saturated heterocycles. The third-order valence-corrected chi connectivity index (χ3v) is 4.96. The normalized spacial score (nSPS) is 18.1. The topological polar surface area (TPSA) is 41.6 Å². The fourth-order valence-electron chi connectivity index (χ4n) is 2.96. The predicted molar refractivity (Wildman–Crippen MR) is 99.1 cm³/mol. The van der Waals surface area contributed by atoms with Gasteiger partial charge in [-0.2, -0.15) is 0 Å². The molecule has 3 rings (SSSR count). The standard InChI is InChI=1S/C18H25ClN2O2.ClH/c19-16-3-1-2-4-17(16)23-12-9-18(22)21-10-7-15(8-11-21)20-13-14-5-6-14;/h1-4,14-15,20H,5-13H2;1H. The second-order valence-corrected chi connectivity index (χ2v) is 6.94. The largest absolute Gasteiger partial charge is 0.491 e. The number of halogens is 2. The molecule has 1 saturated carbocycles. The van der Waals surface area contributed by atoms with E-state index in [2.05, 4.69) is 5.32 Å². The molecule has 0 atom stereocenters. The fraction of sp³-hybridized carbons (Fsp3) is 0.611. The Morgan fingerprint density at radius 3 is 2.58 bits per heavy atom. The molecule has 0 aromatic heterocycles. The Labute approximate surface area is 155 Å². The quantitative estimate of drug-likeness (QED) is 0.795. The van der Waals surface area contributed by atoms with Gasteiger partial charge >= 0.3 is 0 Å². The maximum absolute atomic E-state index is 12.2.